The number of carbonyl (C=O) groups is 1. The number of benzene rings is 1. The van der Waals surface area contributed by atoms with Crippen LogP contribution < -0.4 is 10.2 Å². The van der Waals surface area contributed by atoms with Crippen LogP contribution in [0.25, 0.3) is 0 Å². The van der Waals surface area contributed by atoms with Crippen LogP contribution in [0.5, 0.6) is 0 Å². The van der Waals surface area contributed by atoms with Gasteiger partial charge in [0.2, 0.25) is 0 Å². The van der Waals surface area contributed by atoms with Crippen molar-refractivity contribution < 1.29 is 4.79 Å². The average molecular weight is 255 g/mol. The molecule has 0 aliphatic heterocycles. The number of carbonyl (C=O) groups excluding carboxylic acids is 1. The zero-order chi connectivity index (χ0) is 13.8. The average Bonchev–Trinajstić information content (AvgIpc) is 2.46. The monoisotopic (exact) mass is 255 g/mol. The minimum Gasteiger partial charge on any atom is -0.373 e. The number of nitrogens with one attached hydrogen (secondary N) is 1. The molecule has 4 nitrogen and oxygen atoms in total. The number of anilines is 2. The van der Waals surface area contributed by atoms with Gasteiger partial charge in [0.15, 0.2) is 0 Å². The maximum Gasteiger partial charge on any atom is 0.259 e. The van der Waals surface area contributed by atoms with Crippen LogP contribution in [0.4, 0.5) is 11.5 Å². The Kier molecular flexibility index (Phi) is 3.80. The molecule has 0 saturated heterocycles. The van der Waals surface area contributed by atoms with Crippen LogP contribution in [-0.4, -0.2) is 25.0 Å². The van der Waals surface area contributed by atoms with Gasteiger partial charge in [0.1, 0.15) is 5.82 Å². The number of hydrogen-bond donors (Lipinski definition) is 1. The molecule has 1 amide bonds. The molecule has 0 radical (unpaired) electrons. The third-order valence-corrected chi connectivity index (χ3v) is 2.96. The normalized spacial score (nSPS) is 10.1. The Morgan fingerprint density at radius 3 is 2.63 bits per heavy atom. The van der Waals surface area contributed by atoms with E-state index in [1.807, 2.05) is 31.2 Å². The summed E-state index contributed by atoms with van der Waals surface area (Å²) >= 11 is 0. The van der Waals surface area contributed by atoms with Crippen molar-refractivity contribution in [2.75, 3.05) is 24.3 Å². The first-order valence-corrected chi connectivity index (χ1v) is 6.10. The summed E-state index contributed by atoms with van der Waals surface area (Å²) in [7, 11) is 3.56. The molecular formula is C15H17N3O. The summed E-state index contributed by atoms with van der Waals surface area (Å²) in [6.07, 6.45) is 1.58. The molecule has 0 unspecified atom stereocenters. The minimum atomic E-state index is -0.0687. The lowest BCUT2D eigenvalue weighted by Gasteiger charge is -2.17. The first kappa shape index (κ1) is 13.1. The fourth-order valence-electron chi connectivity index (χ4n) is 1.82. The van der Waals surface area contributed by atoms with E-state index in [4.69, 9.17) is 0 Å². The van der Waals surface area contributed by atoms with E-state index in [2.05, 4.69) is 10.3 Å². The van der Waals surface area contributed by atoms with Crippen LogP contribution in [-0.2, 0) is 0 Å². The fraction of sp³-hybridized carbons (Fsp3) is 0.200. The molecule has 0 atom stereocenters. The van der Waals surface area contributed by atoms with Crippen LogP contribution in [0, 0.1) is 6.92 Å². The van der Waals surface area contributed by atoms with Gasteiger partial charge in [-0.15, -0.1) is 0 Å². The van der Waals surface area contributed by atoms with E-state index in [-0.39, 0.29) is 5.91 Å². The zero-order valence-corrected chi connectivity index (χ0v) is 11.3. The number of rotatable bonds is 3. The molecule has 2 rings (SSSR count). The summed E-state index contributed by atoms with van der Waals surface area (Å²) in [5.74, 6) is 0.676. The van der Waals surface area contributed by atoms with Gasteiger partial charge >= 0.3 is 0 Å². The predicted molar refractivity (Wildman–Crippen MR) is 77.7 cm³/mol. The van der Waals surface area contributed by atoms with Gasteiger partial charge in [-0.3, -0.25) is 4.79 Å². The van der Waals surface area contributed by atoms with E-state index in [0.29, 0.717) is 5.56 Å². The van der Waals surface area contributed by atoms with Crippen molar-refractivity contribution in [1.82, 2.24) is 4.98 Å². The molecule has 0 bridgehead atoms. The van der Waals surface area contributed by atoms with Crippen LogP contribution in [0.2, 0.25) is 0 Å². The van der Waals surface area contributed by atoms with Gasteiger partial charge in [-0.25, -0.2) is 4.98 Å². The first-order chi connectivity index (χ1) is 9.11. The van der Waals surface area contributed by atoms with Gasteiger partial charge < -0.3 is 10.2 Å². The molecule has 0 aliphatic carbocycles. The van der Waals surface area contributed by atoms with E-state index in [1.165, 1.54) is 0 Å². The second-order valence-corrected chi connectivity index (χ2v) is 4.39. The molecule has 1 aromatic heterocycles. The molecule has 2 aromatic rings. The van der Waals surface area contributed by atoms with Crippen molar-refractivity contribution in [3.8, 4) is 0 Å². The van der Waals surface area contributed by atoms with Crippen molar-refractivity contribution >= 4 is 17.4 Å². The number of pyridine rings is 1. The smallest absolute Gasteiger partial charge is 0.259 e. The summed E-state index contributed by atoms with van der Waals surface area (Å²) in [6, 6.07) is 11.4. The third-order valence-electron chi connectivity index (χ3n) is 2.96. The minimum absolute atomic E-state index is 0.0687. The summed E-state index contributed by atoms with van der Waals surface area (Å²) in [6.45, 7) is 2.01. The standard InChI is InChI=1S/C15H17N3O/c1-11-5-4-6-13(9-11)18(3)15(19)12-7-8-14(16-2)17-10-12/h4-10H,1-3H3,(H,16,17). The molecule has 4 heteroatoms. The lowest BCUT2D eigenvalue weighted by Crippen LogP contribution is -2.26. The lowest BCUT2D eigenvalue weighted by atomic mass is 10.2. The summed E-state index contributed by atoms with van der Waals surface area (Å²) in [5.41, 5.74) is 2.58. The molecule has 1 aromatic carbocycles. The van der Waals surface area contributed by atoms with Crippen molar-refractivity contribution in [1.29, 1.82) is 0 Å². The van der Waals surface area contributed by atoms with E-state index in [9.17, 15) is 4.79 Å². The third kappa shape index (κ3) is 2.91. The Hall–Kier alpha value is -2.36. The molecular weight excluding hydrogens is 238 g/mol. The van der Waals surface area contributed by atoms with Gasteiger partial charge in [-0.2, -0.15) is 0 Å². The number of aryl methyl sites for hydroxylation is 1. The largest absolute Gasteiger partial charge is 0.373 e. The van der Waals surface area contributed by atoms with Gasteiger partial charge in [-0.05, 0) is 36.8 Å². The van der Waals surface area contributed by atoms with Crippen molar-refractivity contribution in [3.05, 3.63) is 53.7 Å². The number of amides is 1. The van der Waals surface area contributed by atoms with Crippen LogP contribution in [0.15, 0.2) is 42.6 Å². The highest BCUT2D eigenvalue weighted by Crippen LogP contribution is 2.17. The number of aromatic nitrogens is 1. The van der Waals surface area contributed by atoms with E-state index in [0.717, 1.165) is 17.1 Å². The SMILES string of the molecule is CNc1ccc(C(=O)N(C)c2cccc(C)c2)cn1. The van der Waals surface area contributed by atoms with Crippen molar-refractivity contribution in [2.24, 2.45) is 0 Å². The molecule has 0 fully saturated rings. The summed E-state index contributed by atoms with van der Waals surface area (Å²) in [4.78, 5) is 18.1. The van der Waals surface area contributed by atoms with Crippen LogP contribution in [0.3, 0.4) is 0 Å². The molecule has 98 valence electrons. The maximum absolute atomic E-state index is 12.3. The Labute approximate surface area is 113 Å². The first-order valence-electron chi connectivity index (χ1n) is 6.10. The van der Waals surface area contributed by atoms with Gasteiger partial charge in [-0.1, -0.05) is 12.1 Å². The van der Waals surface area contributed by atoms with Crippen molar-refractivity contribution in [2.45, 2.75) is 6.92 Å². The molecule has 0 spiro atoms. The maximum atomic E-state index is 12.3. The second kappa shape index (κ2) is 5.52. The van der Waals surface area contributed by atoms with Crippen molar-refractivity contribution in [3.63, 3.8) is 0 Å². The number of hydrogen-bond acceptors (Lipinski definition) is 3. The van der Waals surface area contributed by atoms with Crippen LogP contribution in [0.1, 0.15) is 15.9 Å². The molecule has 19 heavy (non-hydrogen) atoms. The predicted octanol–water partition coefficient (Wildman–Crippen LogP) is 2.71. The molecule has 1 heterocycles. The summed E-state index contributed by atoms with van der Waals surface area (Å²) in [5, 5.41) is 2.93. The van der Waals surface area contributed by atoms with Crippen LogP contribution >= 0.6 is 0 Å². The fourth-order valence-corrected chi connectivity index (χ4v) is 1.82. The molecule has 0 saturated carbocycles. The highest BCUT2D eigenvalue weighted by Gasteiger charge is 2.13. The Balaban J connectivity index is 2.23. The van der Waals surface area contributed by atoms with Gasteiger partial charge in [0.05, 0.1) is 5.56 Å². The molecule has 1 N–H and O–H groups in total. The highest BCUT2D eigenvalue weighted by molar-refractivity contribution is 6.05. The quantitative estimate of drug-likeness (QED) is 0.917. The molecule has 0 aliphatic rings. The van der Waals surface area contributed by atoms with E-state index < -0.39 is 0 Å². The second-order valence-electron chi connectivity index (χ2n) is 4.39. The number of nitrogens with zero attached hydrogens (tertiary/aromatic N) is 2. The van der Waals surface area contributed by atoms with Gasteiger partial charge in [0, 0.05) is 26.0 Å². The summed E-state index contributed by atoms with van der Waals surface area (Å²) < 4.78 is 0. The van der Waals surface area contributed by atoms with E-state index >= 15 is 0 Å². The highest BCUT2D eigenvalue weighted by atomic mass is 16.2. The Bertz CT molecular complexity index is 578. The Morgan fingerprint density at radius 2 is 2.05 bits per heavy atom. The Morgan fingerprint density at radius 1 is 1.26 bits per heavy atom. The van der Waals surface area contributed by atoms with E-state index in [1.54, 1.807) is 37.3 Å². The lowest BCUT2D eigenvalue weighted by molar-refractivity contribution is 0.0992. The zero-order valence-electron chi connectivity index (χ0n) is 11.3. The van der Waals surface area contributed by atoms with Gasteiger partial charge in [0.25, 0.3) is 5.91 Å². The topological polar surface area (TPSA) is 45.2 Å².